The summed E-state index contributed by atoms with van der Waals surface area (Å²) in [6, 6.07) is 13.6. The van der Waals surface area contributed by atoms with Gasteiger partial charge in [-0.1, -0.05) is 40.2 Å². The molecule has 0 aromatic heterocycles. The van der Waals surface area contributed by atoms with Gasteiger partial charge in [0, 0.05) is 10.2 Å². The van der Waals surface area contributed by atoms with Crippen LogP contribution >= 0.6 is 15.9 Å². The fraction of sp³-hybridized carbons (Fsp3) is 0.0769. The quantitative estimate of drug-likeness (QED) is 0.882. The van der Waals surface area contributed by atoms with Gasteiger partial charge in [-0.25, -0.2) is 8.42 Å². The Bertz CT molecular complexity index is 654. The van der Waals surface area contributed by atoms with Gasteiger partial charge in [0.05, 0.1) is 10.6 Å². The second kappa shape index (κ2) is 5.12. The Morgan fingerprint density at radius 1 is 1.06 bits per heavy atom. The van der Waals surface area contributed by atoms with E-state index in [1.807, 2.05) is 0 Å². The highest BCUT2D eigenvalue weighted by Gasteiger charge is 2.16. The Morgan fingerprint density at radius 2 is 1.72 bits per heavy atom. The fourth-order valence-corrected chi connectivity index (χ4v) is 3.40. The van der Waals surface area contributed by atoms with Gasteiger partial charge in [0.15, 0.2) is 9.84 Å². The van der Waals surface area contributed by atoms with E-state index in [2.05, 4.69) is 15.9 Å². The third-order valence-corrected chi connectivity index (χ3v) is 4.73. The number of anilines is 1. The molecule has 0 aliphatic carbocycles. The van der Waals surface area contributed by atoms with E-state index in [1.165, 1.54) is 0 Å². The minimum atomic E-state index is -3.34. The van der Waals surface area contributed by atoms with Crippen molar-refractivity contribution in [2.45, 2.75) is 10.6 Å². The lowest BCUT2D eigenvalue weighted by atomic mass is 10.2. The summed E-state index contributed by atoms with van der Waals surface area (Å²) < 4.78 is 25.2. The Labute approximate surface area is 115 Å². The number of sulfone groups is 1. The molecule has 0 bridgehead atoms. The maximum absolute atomic E-state index is 12.2. The minimum absolute atomic E-state index is 0.0872. The van der Waals surface area contributed by atoms with Gasteiger partial charge in [0.25, 0.3) is 0 Å². The van der Waals surface area contributed by atoms with Crippen LogP contribution in [0, 0.1) is 0 Å². The molecular formula is C13H12BrNO2S. The van der Waals surface area contributed by atoms with Crippen molar-refractivity contribution in [3.8, 4) is 0 Å². The van der Waals surface area contributed by atoms with Crippen molar-refractivity contribution in [1.82, 2.24) is 0 Å². The van der Waals surface area contributed by atoms with Crippen LogP contribution in [0.2, 0.25) is 0 Å². The Balaban J connectivity index is 2.34. The molecule has 2 N–H and O–H groups in total. The molecule has 0 radical (unpaired) electrons. The molecule has 94 valence electrons. The van der Waals surface area contributed by atoms with Crippen LogP contribution in [0.25, 0.3) is 0 Å². The molecule has 0 saturated heterocycles. The molecule has 0 aliphatic heterocycles. The molecule has 0 amide bonds. The molecule has 0 aliphatic rings. The third-order valence-electron chi connectivity index (χ3n) is 2.56. The average Bonchev–Trinajstić information content (AvgIpc) is 2.34. The predicted molar refractivity (Wildman–Crippen MR) is 75.9 cm³/mol. The topological polar surface area (TPSA) is 60.2 Å². The molecule has 0 atom stereocenters. The van der Waals surface area contributed by atoms with Gasteiger partial charge < -0.3 is 5.73 Å². The number of hydrogen-bond donors (Lipinski definition) is 1. The maximum Gasteiger partial charge on any atom is 0.182 e. The lowest BCUT2D eigenvalue weighted by molar-refractivity contribution is 0.595. The van der Waals surface area contributed by atoms with Gasteiger partial charge in [-0.15, -0.1) is 0 Å². The first-order valence-electron chi connectivity index (χ1n) is 5.31. The van der Waals surface area contributed by atoms with E-state index >= 15 is 0 Å². The van der Waals surface area contributed by atoms with Crippen LogP contribution in [0.3, 0.4) is 0 Å². The second-order valence-corrected chi connectivity index (χ2v) is 6.82. The number of nitrogens with two attached hydrogens (primary N) is 1. The molecule has 3 nitrogen and oxygen atoms in total. The molecule has 2 aromatic carbocycles. The molecule has 0 saturated carbocycles. The fourth-order valence-electron chi connectivity index (χ4n) is 1.61. The van der Waals surface area contributed by atoms with E-state index < -0.39 is 9.84 Å². The molecule has 0 heterocycles. The van der Waals surface area contributed by atoms with Crippen molar-refractivity contribution >= 4 is 31.5 Å². The molecule has 2 aromatic rings. The SMILES string of the molecule is Nc1cc(Br)ccc1CS(=O)(=O)c1ccccc1. The number of halogens is 1. The number of nitrogen functional groups attached to an aromatic ring is 1. The lowest BCUT2D eigenvalue weighted by Crippen LogP contribution is -2.06. The Hall–Kier alpha value is -1.33. The van der Waals surface area contributed by atoms with Gasteiger partial charge in [0.2, 0.25) is 0 Å². The van der Waals surface area contributed by atoms with Crippen LogP contribution in [-0.2, 0) is 15.6 Å². The van der Waals surface area contributed by atoms with Gasteiger partial charge in [-0.2, -0.15) is 0 Å². The van der Waals surface area contributed by atoms with E-state index in [-0.39, 0.29) is 5.75 Å². The van der Waals surface area contributed by atoms with Crippen molar-refractivity contribution in [2.75, 3.05) is 5.73 Å². The minimum Gasteiger partial charge on any atom is -0.398 e. The second-order valence-electron chi connectivity index (χ2n) is 3.92. The van der Waals surface area contributed by atoms with Crippen molar-refractivity contribution in [3.63, 3.8) is 0 Å². The van der Waals surface area contributed by atoms with E-state index in [1.54, 1.807) is 48.5 Å². The molecule has 0 fully saturated rings. The van der Waals surface area contributed by atoms with Crippen LogP contribution in [0.5, 0.6) is 0 Å². The Kier molecular flexibility index (Phi) is 3.73. The molecule has 2 rings (SSSR count). The van der Waals surface area contributed by atoms with Crippen molar-refractivity contribution in [2.24, 2.45) is 0 Å². The van der Waals surface area contributed by atoms with E-state index in [4.69, 9.17) is 5.73 Å². The average molecular weight is 326 g/mol. The molecule has 18 heavy (non-hydrogen) atoms. The smallest absolute Gasteiger partial charge is 0.182 e. The summed E-state index contributed by atoms with van der Waals surface area (Å²) in [5.74, 6) is -0.0872. The van der Waals surface area contributed by atoms with E-state index in [9.17, 15) is 8.42 Å². The highest BCUT2D eigenvalue weighted by Crippen LogP contribution is 2.23. The van der Waals surface area contributed by atoms with E-state index in [0.717, 1.165) is 4.47 Å². The standard InChI is InChI=1S/C13H12BrNO2S/c14-11-7-6-10(13(15)8-11)9-18(16,17)12-4-2-1-3-5-12/h1-8H,9,15H2. The lowest BCUT2D eigenvalue weighted by Gasteiger charge is -2.07. The number of hydrogen-bond acceptors (Lipinski definition) is 3. The Morgan fingerprint density at radius 3 is 2.33 bits per heavy atom. The van der Waals surface area contributed by atoms with Crippen molar-refractivity contribution < 1.29 is 8.42 Å². The predicted octanol–water partition coefficient (Wildman–Crippen LogP) is 3.01. The summed E-state index contributed by atoms with van der Waals surface area (Å²) in [5, 5.41) is 0. The first-order chi connectivity index (χ1) is 8.49. The maximum atomic E-state index is 12.2. The summed E-state index contributed by atoms with van der Waals surface area (Å²) >= 11 is 3.29. The van der Waals surface area contributed by atoms with Gasteiger partial charge >= 0.3 is 0 Å². The van der Waals surface area contributed by atoms with Gasteiger partial charge in [-0.05, 0) is 29.8 Å². The largest absolute Gasteiger partial charge is 0.398 e. The number of rotatable bonds is 3. The summed E-state index contributed by atoms with van der Waals surface area (Å²) in [7, 11) is -3.34. The summed E-state index contributed by atoms with van der Waals surface area (Å²) in [6.07, 6.45) is 0. The van der Waals surface area contributed by atoms with Crippen LogP contribution in [-0.4, -0.2) is 8.42 Å². The zero-order valence-electron chi connectivity index (χ0n) is 9.51. The number of benzene rings is 2. The monoisotopic (exact) mass is 325 g/mol. The highest BCUT2D eigenvalue weighted by molar-refractivity contribution is 9.10. The van der Waals surface area contributed by atoms with Gasteiger partial charge in [-0.3, -0.25) is 0 Å². The van der Waals surface area contributed by atoms with Crippen LogP contribution in [0.15, 0.2) is 57.9 Å². The molecule has 0 spiro atoms. The van der Waals surface area contributed by atoms with Gasteiger partial charge in [0.1, 0.15) is 0 Å². The van der Waals surface area contributed by atoms with Crippen molar-refractivity contribution in [3.05, 3.63) is 58.6 Å². The highest BCUT2D eigenvalue weighted by atomic mass is 79.9. The first kappa shape index (κ1) is 13.1. The van der Waals surface area contributed by atoms with Crippen molar-refractivity contribution in [1.29, 1.82) is 0 Å². The zero-order valence-corrected chi connectivity index (χ0v) is 11.9. The first-order valence-corrected chi connectivity index (χ1v) is 7.75. The normalized spacial score (nSPS) is 11.4. The summed E-state index contributed by atoms with van der Waals surface area (Å²) in [6.45, 7) is 0. The summed E-state index contributed by atoms with van der Waals surface area (Å²) in [5.41, 5.74) is 6.90. The molecule has 5 heteroatoms. The van der Waals surface area contributed by atoms with E-state index in [0.29, 0.717) is 16.1 Å². The van der Waals surface area contributed by atoms with Crippen LogP contribution < -0.4 is 5.73 Å². The third kappa shape index (κ3) is 2.91. The van der Waals surface area contributed by atoms with Crippen LogP contribution in [0.4, 0.5) is 5.69 Å². The van der Waals surface area contributed by atoms with Crippen LogP contribution in [0.1, 0.15) is 5.56 Å². The molecule has 0 unspecified atom stereocenters. The zero-order chi connectivity index (χ0) is 13.2. The molecular weight excluding hydrogens is 314 g/mol. The summed E-state index contributed by atoms with van der Waals surface area (Å²) in [4.78, 5) is 0.312.